The number of carbonyl (C=O) groups excluding carboxylic acids is 9. The van der Waals surface area contributed by atoms with E-state index in [2.05, 4.69) is 58.2 Å². The van der Waals surface area contributed by atoms with Gasteiger partial charge in [0.1, 0.15) is 19.3 Å². The minimum absolute atomic E-state index is 0.0202. The summed E-state index contributed by atoms with van der Waals surface area (Å²) in [5, 5.41) is 50.2. The number of carbonyl (C=O) groups is 9. The third-order valence-corrected chi connectivity index (χ3v) is 12.3. The Labute approximate surface area is 491 Å². The molecule has 0 saturated heterocycles. The van der Waals surface area contributed by atoms with Crippen LogP contribution in [0.25, 0.3) is 0 Å². The first-order valence-electron chi connectivity index (χ1n) is 29.2. The number of unbranched alkanes of at least 4 members (excludes halogenated alkanes) is 3. The van der Waals surface area contributed by atoms with Crippen molar-refractivity contribution in [3.05, 3.63) is 0 Å². The van der Waals surface area contributed by atoms with Gasteiger partial charge in [0.2, 0.25) is 53.2 Å². The molecular formula is C55H105N13O15. The summed E-state index contributed by atoms with van der Waals surface area (Å²) in [5.74, 6) is -3.34. The van der Waals surface area contributed by atoms with Gasteiger partial charge >= 0.3 is 0 Å². The molecule has 0 rings (SSSR count). The van der Waals surface area contributed by atoms with E-state index in [0.717, 1.165) is 12.8 Å². The summed E-state index contributed by atoms with van der Waals surface area (Å²) in [5.41, 5.74) is 9.22. The number of rotatable bonds is 52. The van der Waals surface area contributed by atoms with Crippen molar-refractivity contribution in [1.82, 2.24) is 47.9 Å². The summed E-state index contributed by atoms with van der Waals surface area (Å²) in [6.07, 6.45) is 8.74. The molecule has 0 aliphatic rings. The molecule has 0 spiro atoms. The van der Waals surface area contributed by atoms with Crippen molar-refractivity contribution in [2.24, 2.45) is 33.6 Å². The maximum absolute atomic E-state index is 13.3. The van der Waals surface area contributed by atoms with E-state index in [1.54, 1.807) is 41.5 Å². The molecule has 0 aromatic rings. The Morgan fingerprint density at radius 1 is 0.458 bits per heavy atom. The number of amides is 9. The van der Waals surface area contributed by atoms with E-state index in [9.17, 15) is 43.2 Å². The molecule has 0 aliphatic carbocycles. The molecule has 480 valence electrons. The smallest absolute Gasteiger partial charge is 0.246 e. The van der Waals surface area contributed by atoms with E-state index in [1.165, 1.54) is 12.4 Å². The van der Waals surface area contributed by atoms with Crippen LogP contribution < -0.4 is 59.3 Å². The van der Waals surface area contributed by atoms with Crippen LogP contribution in [0, 0.1) is 11.8 Å². The Kier molecular flexibility index (Phi) is 48.0. The Morgan fingerprint density at radius 2 is 0.819 bits per heavy atom. The molecule has 0 saturated carbocycles. The number of nitrogens with one attached hydrogen (secondary N) is 9. The van der Waals surface area contributed by atoms with Gasteiger partial charge in [0.05, 0.1) is 69.2 Å². The molecule has 0 radical (unpaired) electrons. The van der Waals surface area contributed by atoms with Crippen LogP contribution in [-0.4, -0.2) is 198 Å². The minimum Gasteiger partial charge on any atom is -0.411 e. The third kappa shape index (κ3) is 49.1. The largest absolute Gasteiger partial charge is 0.411 e. The van der Waals surface area contributed by atoms with E-state index in [-0.39, 0.29) is 171 Å². The highest BCUT2D eigenvalue weighted by Gasteiger charge is 2.24. The number of ether oxygens (including phenoxy) is 4. The number of primary amides is 2. The molecule has 83 heavy (non-hydrogen) atoms. The van der Waals surface area contributed by atoms with Crippen molar-refractivity contribution in [1.29, 1.82) is 0 Å². The third-order valence-electron chi connectivity index (χ3n) is 12.3. The first kappa shape index (κ1) is 79.0. The highest BCUT2D eigenvalue weighted by atomic mass is 16.5. The molecule has 0 aliphatic heterocycles. The lowest BCUT2D eigenvalue weighted by atomic mass is 10.0. The van der Waals surface area contributed by atoms with Crippen molar-refractivity contribution in [3.8, 4) is 0 Å². The first-order valence-corrected chi connectivity index (χ1v) is 29.2. The van der Waals surface area contributed by atoms with Gasteiger partial charge in [-0.05, 0) is 85.5 Å². The van der Waals surface area contributed by atoms with Gasteiger partial charge in [0.25, 0.3) is 0 Å². The fraction of sp³-hybridized carbons (Fsp3) is 0.800. The molecule has 15 N–H and O–H groups in total. The summed E-state index contributed by atoms with van der Waals surface area (Å²) in [6, 6.07) is -1.31. The van der Waals surface area contributed by atoms with Crippen LogP contribution in [0.3, 0.4) is 0 Å². The summed E-state index contributed by atoms with van der Waals surface area (Å²) >= 11 is 0. The quantitative estimate of drug-likeness (QED) is 0.0169. The number of oxime groups is 2. The lowest BCUT2D eigenvalue weighted by Crippen LogP contribution is -2.55. The second kappa shape index (κ2) is 50.4. The number of hydrogen-bond acceptors (Lipinski definition) is 19. The van der Waals surface area contributed by atoms with E-state index >= 15 is 0 Å². The lowest BCUT2D eigenvalue weighted by molar-refractivity contribution is -0.129. The zero-order chi connectivity index (χ0) is 62.7. The molecular weight excluding hydrogens is 1080 g/mol. The summed E-state index contributed by atoms with van der Waals surface area (Å²) in [6.45, 7) is 18.0. The van der Waals surface area contributed by atoms with Gasteiger partial charge in [-0.1, -0.05) is 40.5 Å². The fourth-order valence-corrected chi connectivity index (χ4v) is 7.25. The Hall–Kier alpha value is -6.07. The van der Waals surface area contributed by atoms with E-state index < -0.39 is 35.0 Å². The van der Waals surface area contributed by atoms with Crippen LogP contribution in [0.4, 0.5) is 0 Å². The summed E-state index contributed by atoms with van der Waals surface area (Å²) in [7, 11) is 0. The van der Waals surface area contributed by atoms with Gasteiger partial charge in [-0.3, -0.25) is 43.2 Å². The Morgan fingerprint density at radius 3 is 1.25 bits per heavy atom. The van der Waals surface area contributed by atoms with Crippen LogP contribution in [0.2, 0.25) is 0 Å². The normalized spacial score (nSPS) is 12.6. The highest BCUT2D eigenvalue weighted by Crippen LogP contribution is 2.09. The predicted octanol–water partition coefficient (Wildman–Crippen LogP) is 0.380. The van der Waals surface area contributed by atoms with Gasteiger partial charge < -0.3 is 88.7 Å². The molecule has 0 bridgehead atoms. The number of hydrogen-bond donors (Lipinski definition) is 13. The SMILES string of the molecule is CC.C[C@H](CCCCNC(=O)[C@H](CCCCNC(=O)CCCC(=O)NCCOCCOCC(=O)NCCOCCOCC(=O)NCCCC[C@H](C)C(N)=O)NC(=O)CCCC(=O)NC(CNC(C)(C)/C=N/O)CNC(C)(C)/C=N/O)C(N)=O. The molecule has 3 atom stereocenters. The molecule has 28 heteroatoms. The Balaban J connectivity index is 0. The van der Waals surface area contributed by atoms with E-state index in [1.807, 2.05) is 13.8 Å². The van der Waals surface area contributed by atoms with Crippen molar-refractivity contribution in [3.63, 3.8) is 0 Å². The monoisotopic (exact) mass is 1190 g/mol. The second-order valence-corrected chi connectivity index (χ2v) is 20.9. The highest BCUT2D eigenvalue weighted by molar-refractivity contribution is 5.88. The average Bonchev–Trinajstić information content (AvgIpc) is 3.44. The number of nitrogens with two attached hydrogens (primary N) is 2. The van der Waals surface area contributed by atoms with Crippen LogP contribution in [0.1, 0.15) is 152 Å². The minimum atomic E-state index is -0.873. The summed E-state index contributed by atoms with van der Waals surface area (Å²) < 4.78 is 21.4. The fourth-order valence-electron chi connectivity index (χ4n) is 7.25. The maximum atomic E-state index is 13.3. The molecule has 0 heterocycles. The second-order valence-electron chi connectivity index (χ2n) is 20.9. The van der Waals surface area contributed by atoms with E-state index in [0.29, 0.717) is 64.6 Å². The standard InChI is InChI=1S/C53H99N13O15.C2H6/c1-39(49(54)73)15-7-10-23-57-47(71)35-80-31-30-79-28-26-59-48(72)36-81-32-29-78-27-25-58-44(68)19-13-18-43(67)56-22-12-9-17-42(51(75)60-24-11-8-16-40(2)50(55)74)66-46(70)21-14-20-45(69)65-41(33-61-52(3,4)37-63-76)34-62-53(5,6)38-64-77;1-2/h37-42,61-62,76-77H,7-36H2,1-6H3,(H2,54,73)(H2,55,74)(H,56,67)(H,57,71)(H,58,68)(H,59,72)(H,60,75)(H,65,69)(H,66,70);1-2H3/b63-37+,64-38+;/t39-,40+,42-;/m0./s1. The molecule has 0 aromatic heterocycles. The zero-order valence-corrected chi connectivity index (χ0v) is 50.9. The van der Waals surface area contributed by atoms with E-state index in [4.69, 9.17) is 40.8 Å². The topological polar surface area (TPSA) is 416 Å². The predicted molar refractivity (Wildman–Crippen MR) is 314 cm³/mol. The van der Waals surface area contributed by atoms with Gasteiger partial charge in [-0.25, -0.2) is 0 Å². The Bertz CT molecular complexity index is 1870. The average molecular weight is 1190 g/mol. The van der Waals surface area contributed by atoms with Gasteiger partial charge in [0.15, 0.2) is 0 Å². The van der Waals surface area contributed by atoms with Crippen molar-refractivity contribution in [2.75, 3.05) is 98.7 Å². The zero-order valence-electron chi connectivity index (χ0n) is 50.9. The maximum Gasteiger partial charge on any atom is 0.246 e. The lowest BCUT2D eigenvalue weighted by Gasteiger charge is -2.29. The molecule has 28 nitrogen and oxygen atoms in total. The van der Waals surface area contributed by atoms with Gasteiger partial charge in [-0.15, -0.1) is 10.3 Å². The summed E-state index contributed by atoms with van der Waals surface area (Å²) in [4.78, 5) is 110. The van der Waals surface area contributed by atoms with Crippen molar-refractivity contribution >= 4 is 65.6 Å². The van der Waals surface area contributed by atoms with Crippen LogP contribution in [-0.2, 0) is 62.1 Å². The van der Waals surface area contributed by atoms with Gasteiger partial charge in [0, 0.05) is 83.3 Å². The van der Waals surface area contributed by atoms with Crippen molar-refractivity contribution in [2.45, 2.75) is 175 Å². The van der Waals surface area contributed by atoms with Crippen LogP contribution in [0.5, 0.6) is 0 Å². The van der Waals surface area contributed by atoms with Crippen LogP contribution >= 0.6 is 0 Å². The van der Waals surface area contributed by atoms with Crippen molar-refractivity contribution < 1.29 is 72.5 Å². The first-order chi connectivity index (χ1) is 39.5. The molecule has 0 fully saturated rings. The van der Waals surface area contributed by atoms with Gasteiger partial charge in [-0.2, -0.15) is 0 Å². The molecule has 9 amide bonds. The number of nitrogens with zero attached hydrogens (tertiary/aromatic N) is 2. The van der Waals surface area contributed by atoms with Crippen LogP contribution in [0.15, 0.2) is 10.3 Å². The molecule has 0 unspecified atom stereocenters. The molecule has 0 aromatic carbocycles.